The van der Waals surface area contributed by atoms with Crippen molar-refractivity contribution < 1.29 is 8.78 Å². The molecule has 0 bridgehead atoms. The van der Waals surface area contributed by atoms with Crippen LogP contribution in [0.3, 0.4) is 0 Å². The summed E-state index contributed by atoms with van der Waals surface area (Å²) >= 11 is 4.69. The van der Waals surface area contributed by atoms with E-state index in [1.807, 2.05) is 6.07 Å². The highest BCUT2D eigenvalue weighted by Crippen LogP contribution is 2.33. The van der Waals surface area contributed by atoms with Gasteiger partial charge in [0.2, 0.25) is 0 Å². The molecule has 0 saturated heterocycles. The van der Waals surface area contributed by atoms with E-state index in [0.29, 0.717) is 5.56 Å². The first-order valence-electron chi connectivity index (χ1n) is 5.94. The molecule has 1 heterocycles. The molecule has 0 aliphatic heterocycles. The van der Waals surface area contributed by atoms with Gasteiger partial charge >= 0.3 is 0 Å². The van der Waals surface area contributed by atoms with Gasteiger partial charge in [0.25, 0.3) is 0 Å². The number of thiophene rings is 1. The maximum atomic E-state index is 13.9. The summed E-state index contributed by atoms with van der Waals surface area (Å²) in [4.78, 5) is 0.808. The molecule has 5 heteroatoms. The minimum atomic E-state index is -0.562. The first kappa shape index (κ1) is 13.7. The molecule has 0 saturated carbocycles. The van der Waals surface area contributed by atoms with E-state index in [1.54, 1.807) is 18.2 Å². The fraction of sp³-hybridized carbons (Fsp3) is 0.0667. The van der Waals surface area contributed by atoms with Gasteiger partial charge in [-0.15, -0.1) is 11.3 Å². The fourth-order valence-corrected chi connectivity index (χ4v) is 3.57. The average Bonchev–Trinajstić information content (AvgIpc) is 2.83. The molecule has 0 amide bonds. The van der Waals surface area contributed by atoms with Crippen molar-refractivity contribution in [2.75, 3.05) is 0 Å². The van der Waals surface area contributed by atoms with Gasteiger partial charge in [0.15, 0.2) is 0 Å². The summed E-state index contributed by atoms with van der Waals surface area (Å²) in [5.74, 6) is -0.627. The number of benzene rings is 2. The van der Waals surface area contributed by atoms with Crippen molar-refractivity contribution in [3.63, 3.8) is 0 Å². The SMILES string of the molecule is NC(c1cc2ccc(F)cc2s1)c1cc(Br)ccc1F. The summed E-state index contributed by atoms with van der Waals surface area (Å²) in [7, 11) is 0. The molecule has 20 heavy (non-hydrogen) atoms. The Bertz CT molecular complexity index is 785. The minimum Gasteiger partial charge on any atom is -0.320 e. The Hall–Kier alpha value is -1.30. The molecule has 0 spiro atoms. The number of halogens is 3. The Labute approximate surface area is 127 Å². The van der Waals surface area contributed by atoms with Crippen LogP contribution in [0.4, 0.5) is 8.78 Å². The molecule has 102 valence electrons. The van der Waals surface area contributed by atoms with Crippen LogP contribution < -0.4 is 5.73 Å². The Balaban J connectivity index is 2.07. The summed E-state index contributed by atoms with van der Waals surface area (Å²) < 4.78 is 28.7. The van der Waals surface area contributed by atoms with Gasteiger partial charge in [-0.05, 0) is 41.8 Å². The second-order valence-electron chi connectivity index (χ2n) is 4.47. The van der Waals surface area contributed by atoms with E-state index in [2.05, 4.69) is 15.9 Å². The highest BCUT2D eigenvalue weighted by atomic mass is 79.9. The minimum absolute atomic E-state index is 0.284. The Kier molecular flexibility index (Phi) is 3.58. The number of rotatable bonds is 2. The van der Waals surface area contributed by atoms with E-state index in [4.69, 9.17) is 5.73 Å². The molecule has 3 aromatic rings. The van der Waals surface area contributed by atoms with Crippen LogP contribution in [0.5, 0.6) is 0 Å². The molecular weight excluding hydrogens is 344 g/mol. The van der Waals surface area contributed by atoms with Crippen molar-refractivity contribution in [1.82, 2.24) is 0 Å². The third kappa shape index (κ3) is 2.49. The van der Waals surface area contributed by atoms with Crippen LogP contribution in [0.25, 0.3) is 10.1 Å². The van der Waals surface area contributed by atoms with Crippen LogP contribution in [-0.4, -0.2) is 0 Å². The Morgan fingerprint density at radius 1 is 1.05 bits per heavy atom. The zero-order chi connectivity index (χ0) is 14.3. The van der Waals surface area contributed by atoms with E-state index >= 15 is 0 Å². The molecule has 1 nitrogen and oxygen atoms in total. The van der Waals surface area contributed by atoms with Crippen molar-refractivity contribution in [3.8, 4) is 0 Å². The first-order valence-corrected chi connectivity index (χ1v) is 7.55. The fourth-order valence-electron chi connectivity index (χ4n) is 2.08. The first-order chi connectivity index (χ1) is 9.54. The molecule has 0 aliphatic carbocycles. The van der Waals surface area contributed by atoms with Crippen LogP contribution in [0.1, 0.15) is 16.5 Å². The van der Waals surface area contributed by atoms with Gasteiger partial charge < -0.3 is 5.73 Å². The van der Waals surface area contributed by atoms with E-state index < -0.39 is 6.04 Å². The van der Waals surface area contributed by atoms with Crippen molar-refractivity contribution >= 4 is 37.4 Å². The van der Waals surface area contributed by atoms with Crippen LogP contribution in [-0.2, 0) is 0 Å². The predicted octanol–water partition coefficient (Wildman–Crippen LogP) is 4.99. The summed E-state index contributed by atoms with van der Waals surface area (Å²) in [6, 6.07) is 10.6. The largest absolute Gasteiger partial charge is 0.320 e. The quantitative estimate of drug-likeness (QED) is 0.689. The van der Waals surface area contributed by atoms with E-state index in [0.717, 1.165) is 19.4 Å². The second kappa shape index (κ2) is 5.24. The zero-order valence-corrected chi connectivity index (χ0v) is 12.6. The molecule has 3 rings (SSSR count). The molecule has 1 atom stereocenters. The lowest BCUT2D eigenvalue weighted by molar-refractivity contribution is 0.600. The molecule has 2 N–H and O–H groups in total. The van der Waals surface area contributed by atoms with Gasteiger partial charge in [-0.3, -0.25) is 0 Å². The number of hydrogen-bond acceptors (Lipinski definition) is 2. The summed E-state index contributed by atoms with van der Waals surface area (Å²) in [6.07, 6.45) is 0. The Morgan fingerprint density at radius 2 is 1.85 bits per heavy atom. The van der Waals surface area contributed by atoms with Gasteiger partial charge in [0.05, 0.1) is 6.04 Å². The molecule has 1 unspecified atom stereocenters. The lowest BCUT2D eigenvalue weighted by Gasteiger charge is -2.11. The zero-order valence-electron chi connectivity index (χ0n) is 10.2. The van der Waals surface area contributed by atoms with Gasteiger partial charge in [-0.2, -0.15) is 0 Å². The van der Waals surface area contributed by atoms with Crippen LogP contribution in [0.2, 0.25) is 0 Å². The van der Waals surface area contributed by atoms with E-state index in [1.165, 1.54) is 29.5 Å². The lowest BCUT2D eigenvalue weighted by atomic mass is 10.1. The lowest BCUT2D eigenvalue weighted by Crippen LogP contribution is -2.12. The molecule has 0 aliphatic rings. The van der Waals surface area contributed by atoms with E-state index in [9.17, 15) is 8.78 Å². The summed E-state index contributed by atoms with van der Waals surface area (Å²) in [6.45, 7) is 0. The van der Waals surface area contributed by atoms with Gasteiger partial charge in [-0.25, -0.2) is 8.78 Å². The molecule has 0 fully saturated rings. The standard InChI is InChI=1S/C15H10BrF2NS/c16-9-2-4-12(18)11(6-9)15(19)14-5-8-1-3-10(17)7-13(8)20-14/h1-7,15H,19H2. The predicted molar refractivity (Wildman–Crippen MR) is 81.9 cm³/mol. The van der Waals surface area contributed by atoms with Crippen LogP contribution in [0, 0.1) is 11.6 Å². The third-order valence-corrected chi connectivity index (χ3v) is 4.78. The Morgan fingerprint density at radius 3 is 2.65 bits per heavy atom. The smallest absolute Gasteiger partial charge is 0.128 e. The van der Waals surface area contributed by atoms with Gasteiger partial charge in [0.1, 0.15) is 11.6 Å². The molecule has 2 aromatic carbocycles. The highest BCUT2D eigenvalue weighted by molar-refractivity contribution is 9.10. The van der Waals surface area contributed by atoms with Crippen molar-refractivity contribution in [1.29, 1.82) is 0 Å². The van der Waals surface area contributed by atoms with Crippen molar-refractivity contribution in [3.05, 3.63) is 69.0 Å². The third-order valence-electron chi connectivity index (χ3n) is 3.10. The number of hydrogen-bond donors (Lipinski definition) is 1. The molecular formula is C15H10BrF2NS. The number of fused-ring (bicyclic) bond motifs is 1. The summed E-state index contributed by atoms with van der Waals surface area (Å²) in [5, 5.41) is 0.914. The number of nitrogens with two attached hydrogens (primary N) is 1. The van der Waals surface area contributed by atoms with Gasteiger partial charge in [-0.1, -0.05) is 22.0 Å². The monoisotopic (exact) mass is 353 g/mol. The second-order valence-corrected chi connectivity index (χ2v) is 6.51. The van der Waals surface area contributed by atoms with Crippen LogP contribution in [0.15, 0.2) is 46.9 Å². The maximum Gasteiger partial charge on any atom is 0.128 e. The normalized spacial score (nSPS) is 12.8. The molecule has 1 aromatic heterocycles. The maximum absolute atomic E-state index is 13.9. The highest BCUT2D eigenvalue weighted by Gasteiger charge is 2.16. The molecule has 0 radical (unpaired) electrons. The van der Waals surface area contributed by atoms with Crippen LogP contribution >= 0.6 is 27.3 Å². The van der Waals surface area contributed by atoms with E-state index in [-0.39, 0.29) is 11.6 Å². The average molecular weight is 354 g/mol. The topological polar surface area (TPSA) is 26.0 Å². The van der Waals surface area contributed by atoms with Crippen molar-refractivity contribution in [2.24, 2.45) is 5.73 Å². The van der Waals surface area contributed by atoms with Gasteiger partial charge in [0, 0.05) is 19.6 Å². The van der Waals surface area contributed by atoms with Crippen molar-refractivity contribution in [2.45, 2.75) is 6.04 Å². The summed E-state index contributed by atoms with van der Waals surface area (Å²) in [5.41, 5.74) is 6.57.